The minimum atomic E-state index is -0.141. The Balaban J connectivity index is 2.12. The quantitative estimate of drug-likeness (QED) is 0.528. The summed E-state index contributed by atoms with van der Waals surface area (Å²) in [5.74, 6) is 0.778. The van der Waals surface area contributed by atoms with E-state index in [2.05, 4.69) is 0 Å². The van der Waals surface area contributed by atoms with Crippen molar-refractivity contribution in [1.82, 2.24) is 0 Å². The average molecular weight is 128 g/mol. The number of hydrogen-bond donors (Lipinski definition) is 0. The zero-order valence-electron chi connectivity index (χ0n) is 5.67. The van der Waals surface area contributed by atoms with Gasteiger partial charge in [0, 0.05) is 7.11 Å². The molecule has 0 heterocycles. The molecule has 0 radical (unpaired) electrons. The van der Waals surface area contributed by atoms with Crippen LogP contribution in [-0.2, 0) is 9.53 Å². The Bertz CT molecular complexity index is 97.1. The first-order chi connectivity index (χ1) is 4.36. The van der Waals surface area contributed by atoms with E-state index in [1.54, 1.807) is 7.11 Å². The summed E-state index contributed by atoms with van der Waals surface area (Å²) >= 11 is 0. The summed E-state index contributed by atoms with van der Waals surface area (Å²) in [7, 11) is 1.58. The highest BCUT2D eigenvalue weighted by molar-refractivity contribution is 5.55. The molecule has 1 atom stereocenters. The van der Waals surface area contributed by atoms with E-state index in [1.165, 1.54) is 12.8 Å². The monoisotopic (exact) mass is 128 g/mol. The van der Waals surface area contributed by atoms with Gasteiger partial charge < -0.3 is 9.53 Å². The molecule has 2 heteroatoms. The Morgan fingerprint density at radius 3 is 2.78 bits per heavy atom. The third kappa shape index (κ3) is 2.14. The number of carbonyl (C=O) groups is 1. The van der Waals surface area contributed by atoms with E-state index >= 15 is 0 Å². The van der Waals surface area contributed by atoms with Gasteiger partial charge in [0.05, 0.1) is 0 Å². The standard InChI is InChI=1S/C7H12O2/c1-9-7(5-8)4-6-2-3-6/h5-7H,2-4H2,1H3. The molecule has 1 aliphatic carbocycles. The topological polar surface area (TPSA) is 26.3 Å². The summed E-state index contributed by atoms with van der Waals surface area (Å²) in [6, 6.07) is 0. The van der Waals surface area contributed by atoms with Gasteiger partial charge in [-0.15, -0.1) is 0 Å². The Labute approximate surface area is 55.2 Å². The molecule has 52 valence electrons. The van der Waals surface area contributed by atoms with E-state index in [0.29, 0.717) is 0 Å². The molecule has 0 amide bonds. The van der Waals surface area contributed by atoms with E-state index in [0.717, 1.165) is 18.6 Å². The summed E-state index contributed by atoms with van der Waals surface area (Å²) in [4.78, 5) is 10.2. The summed E-state index contributed by atoms with van der Waals surface area (Å²) in [6.07, 6.45) is 4.25. The van der Waals surface area contributed by atoms with E-state index in [9.17, 15) is 4.79 Å². The van der Waals surface area contributed by atoms with Crippen LogP contribution in [0.2, 0.25) is 0 Å². The number of aldehydes is 1. The van der Waals surface area contributed by atoms with Gasteiger partial charge in [-0.25, -0.2) is 0 Å². The first-order valence-electron chi connectivity index (χ1n) is 3.35. The van der Waals surface area contributed by atoms with E-state index < -0.39 is 0 Å². The van der Waals surface area contributed by atoms with Crippen molar-refractivity contribution < 1.29 is 9.53 Å². The first kappa shape index (κ1) is 6.75. The van der Waals surface area contributed by atoms with E-state index in [1.807, 2.05) is 0 Å². The van der Waals surface area contributed by atoms with E-state index in [4.69, 9.17) is 4.74 Å². The number of ether oxygens (including phenoxy) is 1. The number of rotatable bonds is 4. The molecule has 2 nitrogen and oxygen atoms in total. The van der Waals surface area contributed by atoms with Gasteiger partial charge in [-0.3, -0.25) is 0 Å². The highest BCUT2D eigenvalue weighted by Crippen LogP contribution is 2.33. The van der Waals surface area contributed by atoms with Crippen molar-refractivity contribution >= 4 is 6.29 Å². The predicted molar refractivity (Wildman–Crippen MR) is 34.2 cm³/mol. The van der Waals surface area contributed by atoms with Crippen molar-refractivity contribution in [3.8, 4) is 0 Å². The fraction of sp³-hybridized carbons (Fsp3) is 0.857. The van der Waals surface area contributed by atoms with Crippen molar-refractivity contribution in [2.75, 3.05) is 7.11 Å². The molecular weight excluding hydrogens is 116 g/mol. The highest BCUT2D eigenvalue weighted by atomic mass is 16.5. The van der Waals surface area contributed by atoms with Crippen LogP contribution >= 0.6 is 0 Å². The van der Waals surface area contributed by atoms with E-state index in [-0.39, 0.29) is 6.10 Å². The molecule has 9 heavy (non-hydrogen) atoms. The summed E-state index contributed by atoms with van der Waals surface area (Å²) in [6.45, 7) is 0. The molecule has 1 unspecified atom stereocenters. The maximum Gasteiger partial charge on any atom is 0.148 e. The Morgan fingerprint density at radius 2 is 2.44 bits per heavy atom. The third-order valence-corrected chi connectivity index (χ3v) is 1.72. The maximum atomic E-state index is 10.2. The molecule has 0 N–H and O–H groups in total. The SMILES string of the molecule is COC(C=O)CC1CC1. The lowest BCUT2D eigenvalue weighted by Gasteiger charge is -2.04. The van der Waals surface area contributed by atoms with Crippen LogP contribution in [-0.4, -0.2) is 19.5 Å². The number of hydrogen-bond acceptors (Lipinski definition) is 2. The van der Waals surface area contributed by atoms with Gasteiger partial charge in [-0.05, 0) is 12.3 Å². The summed E-state index contributed by atoms with van der Waals surface area (Å²) < 4.78 is 4.88. The third-order valence-electron chi connectivity index (χ3n) is 1.72. The minimum absolute atomic E-state index is 0.141. The molecular formula is C7H12O2. The molecule has 0 spiro atoms. The molecule has 1 rings (SSSR count). The lowest BCUT2D eigenvalue weighted by Crippen LogP contribution is -2.12. The number of carbonyl (C=O) groups excluding carboxylic acids is 1. The summed E-state index contributed by atoms with van der Waals surface area (Å²) in [5.41, 5.74) is 0. The van der Waals surface area contributed by atoms with Crippen LogP contribution in [0.1, 0.15) is 19.3 Å². The van der Waals surface area contributed by atoms with Gasteiger partial charge in [-0.2, -0.15) is 0 Å². The van der Waals surface area contributed by atoms with Crippen molar-refractivity contribution in [3.05, 3.63) is 0 Å². The molecule has 0 bridgehead atoms. The van der Waals surface area contributed by atoms with Crippen molar-refractivity contribution in [2.45, 2.75) is 25.4 Å². The Kier molecular flexibility index (Phi) is 2.22. The van der Waals surface area contributed by atoms with Crippen LogP contribution in [0.4, 0.5) is 0 Å². The van der Waals surface area contributed by atoms with Crippen LogP contribution in [0.3, 0.4) is 0 Å². The fourth-order valence-corrected chi connectivity index (χ4v) is 0.889. The zero-order valence-corrected chi connectivity index (χ0v) is 5.67. The smallest absolute Gasteiger partial charge is 0.148 e. The second-order valence-electron chi connectivity index (χ2n) is 2.59. The molecule has 1 aliphatic rings. The second kappa shape index (κ2) is 2.97. The largest absolute Gasteiger partial charge is 0.374 e. The van der Waals surface area contributed by atoms with Crippen LogP contribution in [0.25, 0.3) is 0 Å². The van der Waals surface area contributed by atoms with Gasteiger partial charge in [-0.1, -0.05) is 12.8 Å². The molecule has 0 aliphatic heterocycles. The zero-order chi connectivity index (χ0) is 6.69. The minimum Gasteiger partial charge on any atom is -0.374 e. The average Bonchev–Trinajstić information content (AvgIpc) is 2.66. The van der Waals surface area contributed by atoms with Crippen LogP contribution in [0.5, 0.6) is 0 Å². The first-order valence-corrected chi connectivity index (χ1v) is 3.35. The molecule has 0 aromatic heterocycles. The molecule has 0 saturated heterocycles. The van der Waals surface area contributed by atoms with Crippen molar-refractivity contribution in [2.24, 2.45) is 5.92 Å². The van der Waals surface area contributed by atoms with Gasteiger partial charge >= 0.3 is 0 Å². The molecule has 0 aromatic carbocycles. The van der Waals surface area contributed by atoms with Crippen LogP contribution in [0.15, 0.2) is 0 Å². The van der Waals surface area contributed by atoms with Gasteiger partial charge in [0.2, 0.25) is 0 Å². The Morgan fingerprint density at radius 1 is 1.78 bits per heavy atom. The lowest BCUT2D eigenvalue weighted by atomic mass is 10.2. The number of methoxy groups -OCH3 is 1. The highest BCUT2D eigenvalue weighted by Gasteiger charge is 2.24. The molecule has 0 aromatic rings. The fourth-order valence-electron chi connectivity index (χ4n) is 0.889. The summed E-state index contributed by atoms with van der Waals surface area (Å²) in [5, 5.41) is 0. The van der Waals surface area contributed by atoms with Gasteiger partial charge in [0.15, 0.2) is 0 Å². The van der Waals surface area contributed by atoms with Crippen LogP contribution in [0, 0.1) is 5.92 Å². The van der Waals surface area contributed by atoms with Gasteiger partial charge in [0.25, 0.3) is 0 Å². The van der Waals surface area contributed by atoms with Crippen molar-refractivity contribution in [3.63, 3.8) is 0 Å². The maximum absolute atomic E-state index is 10.2. The normalized spacial score (nSPS) is 21.4. The second-order valence-corrected chi connectivity index (χ2v) is 2.59. The van der Waals surface area contributed by atoms with Crippen molar-refractivity contribution in [1.29, 1.82) is 0 Å². The molecule has 1 fully saturated rings. The van der Waals surface area contributed by atoms with Gasteiger partial charge in [0.1, 0.15) is 12.4 Å². The molecule has 1 saturated carbocycles. The lowest BCUT2D eigenvalue weighted by molar-refractivity contribution is -0.116. The van der Waals surface area contributed by atoms with Crippen LogP contribution < -0.4 is 0 Å². The predicted octanol–water partition coefficient (Wildman–Crippen LogP) is 1.00. The Hall–Kier alpha value is -0.370.